The van der Waals surface area contributed by atoms with Crippen LogP contribution in [0, 0.1) is 5.82 Å². The molecule has 3 unspecified atom stereocenters. The van der Waals surface area contributed by atoms with Crippen molar-refractivity contribution in [3.63, 3.8) is 0 Å². The number of halogens is 1. The number of ether oxygens (including phenoxy) is 1. The first kappa shape index (κ1) is 27.5. The first-order valence-electron chi connectivity index (χ1n) is 12.0. The molecule has 206 valence electrons. The van der Waals surface area contributed by atoms with Gasteiger partial charge < -0.3 is 19.9 Å². The molecule has 4 N–H and O–H groups in total. The Kier molecular flexibility index (Phi) is 8.19. The van der Waals surface area contributed by atoms with Gasteiger partial charge in [0, 0.05) is 29.4 Å². The van der Waals surface area contributed by atoms with Crippen LogP contribution in [0.2, 0.25) is 0 Å². The highest BCUT2D eigenvalue weighted by molar-refractivity contribution is 7.98. The topological polar surface area (TPSA) is 133 Å². The van der Waals surface area contributed by atoms with Crippen molar-refractivity contribution in [2.24, 2.45) is 0 Å². The van der Waals surface area contributed by atoms with Crippen LogP contribution in [0.15, 0.2) is 76.6 Å². The minimum Gasteiger partial charge on any atom is -0.438 e. The summed E-state index contributed by atoms with van der Waals surface area (Å²) in [6.45, 7) is 0. The number of rotatable bonds is 8. The van der Waals surface area contributed by atoms with Crippen LogP contribution in [-0.2, 0) is 10.0 Å². The number of thioether (sulfide) groups is 1. The molecule has 10 nitrogen and oxygen atoms in total. The third-order valence-corrected chi connectivity index (χ3v) is 9.37. The van der Waals surface area contributed by atoms with E-state index in [2.05, 4.69) is 19.7 Å². The summed E-state index contributed by atoms with van der Waals surface area (Å²) in [7, 11) is -3.92. The van der Waals surface area contributed by atoms with Gasteiger partial charge in [-0.05, 0) is 61.9 Å². The molecule has 1 saturated carbocycles. The SMILES string of the molecule is CSc1cccc(Oc2ncc(F)cc2C(=O)NC2CCC(NS(=O)(=O)C3=CC=CN4SNC=C34)C(O)C2)c1. The monoisotopic (exact) mass is 591 g/mol. The summed E-state index contributed by atoms with van der Waals surface area (Å²) < 4.78 is 53.2. The lowest BCUT2D eigenvalue weighted by atomic mass is 9.89. The average molecular weight is 592 g/mol. The molecule has 1 amide bonds. The molecule has 2 aliphatic heterocycles. The zero-order chi connectivity index (χ0) is 27.6. The van der Waals surface area contributed by atoms with Crippen molar-refractivity contribution < 1.29 is 27.4 Å². The quantitative estimate of drug-likeness (QED) is 0.268. The first-order valence-corrected chi connectivity index (χ1v) is 15.5. The van der Waals surface area contributed by atoms with E-state index in [1.807, 2.05) is 12.3 Å². The largest absolute Gasteiger partial charge is 0.438 e. The predicted molar refractivity (Wildman–Crippen MR) is 147 cm³/mol. The summed E-state index contributed by atoms with van der Waals surface area (Å²) in [5.74, 6) is -0.897. The van der Waals surface area contributed by atoms with E-state index in [4.69, 9.17) is 4.74 Å². The van der Waals surface area contributed by atoms with Crippen LogP contribution in [0.25, 0.3) is 0 Å². The number of pyridine rings is 1. The summed E-state index contributed by atoms with van der Waals surface area (Å²) >= 11 is 2.77. The smallest absolute Gasteiger partial charge is 0.257 e. The van der Waals surface area contributed by atoms with Gasteiger partial charge in [0.05, 0.1) is 30.1 Å². The van der Waals surface area contributed by atoms with E-state index in [-0.39, 0.29) is 29.2 Å². The van der Waals surface area contributed by atoms with Crippen LogP contribution in [0.5, 0.6) is 11.6 Å². The Hall–Kier alpha value is -3.04. The Morgan fingerprint density at radius 2 is 2.18 bits per heavy atom. The Labute approximate surface area is 234 Å². The Morgan fingerprint density at radius 3 is 2.97 bits per heavy atom. The van der Waals surface area contributed by atoms with Crippen molar-refractivity contribution in [1.29, 1.82) is 0 Å². The van der Waals surface area contributed by atoms with Crippen molar-refractivity contribution in [3.05, 3.63) is 83.1 Å². The lowest BCUT2D eigenvalue weighted by Gasteiger charge is -2.34. The number of hydrogen-bond acceptors (Lipinski definition) is 10. The fourth-order valence-electron chi connectivity index (χ4n) is 4.45. The second-order valence-corrected chi connectivity index (χ2v) is 12.4. The number of amides is 1. The van der Waals surface area contributed by atoms with Crippen LogP contribution in [-0.4, -0.2) is 53.2 Å². The number of aliphatic hydroxyl groups is 1. The standard InChI is InChI=1S/C25H26FN5O5S3/c1-37-18-5-2-4-17(12-18)36-25-19(10-15(26)13-27-25)24(33)29-16-7-8-20(22(32)11-16)30-39(34,35)23-6-3-9-31-21(23)14-28-38-31/h2-6,9-10,12-14,16,20,22,28,30,32H,7-8,11H2,1H3,(H,29,33). The molecule has 0 radical (unpaired) electrons. The molecule has 1 aromatic heterocycles. The predicted octanol–water partition coefficient (Wildman–Crippen LogP) is 3.39. The van der Waals surface area contributed by atoms with E-state index in [1.54, 1.807) is 41.0 Å². The zero-order valence-electron chi connectivity index (χ0n) is 20.7. The van der Waals surface area contributed by atoms with Gasteiger partial charge >= 0.3 is 0 Å². The molecule has 3 aliphatic rings. The van der Waals surface area contributed by atoms with Gasteiger partial charge in [-0.2, -0.15) is 0 Å². The van der Waals surface area contributed by atoms with Crippen LogP contribution >= 0.6 is 23.9 Å². The zero-order valence-corrected chi connectivity index (χ0v) is 23.2. The molecule has 39 heavy (non-hydrogen) atoms. The maximum atomic E-state index is 14.0. The first-order chi connectivity index (χ1) is 18.7. The molecule has 0 saturated heterocycles. The fraction of sp³-hybridized carbons (Fsp3) is 0.280. The molecule has 1 aliphatic carbocycles. The third kappa shape index (κ3) is 6.25. The normalized spacial score (nSPS) is 22.4. The van der Waals surface area contributed by atoms with Gasteiger partial charge in [0.25, 0.3) is 5.91 Å². The molecule has 0 spiro atoms. The van der Waals surface area contributed by atoms with Crippen LogP contribution in [0.3, 0.4) is 0 Å². The Bertz CT molecular complexity index is 1470. The highest BCUT2D eigenvalue weighted by Crippen LogP contribution is 2.34. The van der Waals surface area contributed by atoms with E-state index >= 15 is 0 Å². The van der Waals surface area contributed by atoms with E-state index in [9.17, 15) is 22.7 Å². The number of benzene rings is 1. The number of hydrogen-bond donors (Lipinski definition) is 4. The van der Waals surface area contributed by atoms with Crippen molar-refractivity contribution in [1.82, 2.24) is 24.1 Å². The molecule has 0 bridgehead atoms. The van der Waals surface area contributed by atoms with Gasteiger partial charge in [0.2, 0.25) is 15.9 Å². The maximum absolute atomic E-state index is 14.0. The van der Waals surface area contributed by atoms with Gasteiger partial charge in [-0.15, -0.1) is 11.8 Å². The van der Waals surface area contributed by atoms with E-state index in [0.29, 0.717) is 17.9 Å². The minimum atomic E-state index is -3.92. The Balaban J connectivity index is 1.23. The summed E-state index contributed by atoms with van der Waals surface area (Å²) in [6, 6.07) is 7.06. The summed E-state index contributed by atoms with van der Waals surface area (Å²) in [4.78, 5) is 18.1. The average Bonchev–Trinajstić information content (AvgIpc) is 3.40. The number of nitrogens with zero attached hydrogens (tertiary/aromatic N) is 2. The fourth-order valence-corrected chi connectivity index (χ4v) is 7.11. The van der Waals surface area contributed by atoms with Gasteiger partial charge in [-0.25, -0.2) is 22.5 Å². The highest BCUT2D eigenvalue weighted by Gasteiger charge is 2.36. The highest BCUT2D eigenvalue weighted by atomic mass is 32.2. The van der Waals surface area contributed by atoms with Crippen molar-refractivity contribution in [3.8, 4) is 11.6 Å². The lowest BCUT2D eigenvalue weighted by molar-refractivity contribution is 0.0743. The third-order valence-electron chi connectivity index (χ3n) is 6.37. The molecule has 1 aromatic carbocycles. The molecule has 1 fully saturated rings. The van der Waals surface area contributed by atoms with Gasteiger partial charge in [0.15, 0.2) is 0 Å². The number of allylic oxidation sites excluding steroid dienone is 2. The number of carbonyl (C=O) groups excluding carboxylic acids is 1. The second kappa shape index (κ2) is 11.6. The van der Waals surface area contributed by atoms with Gasteiger partial charge in [-0.3, -0.25) is 9.10 Å². The molecule has 5 rings (SSSR count). The van der Waals surface area contributed by atoms with Crippen LogP contribution in [0.4, 0.5) is 4.39 Å². The van der Waals surface area contributed by atoms with Gasteiger partial charge in [-0.1, -0.05) is 6.07 Å². The van der Waals surface area contributed by atoms with E-state index in [0.717, 1.165) is 17.2 Å². The second-order valence-electron chi connectivity index (χ2n) is 9.00. The van der Waals surface area contributed by atoms with E-state index in [1.165, 1.54) is 30.0 Å². The van der Waals surface area contributed by atoms with Crippen molar-refractivity contribution in [2.45, 2.75) is 42.3 Å². The van der Waals surface area contributed by atoms with Crippen LogP contribution < -0.4 is 19.5 Å². The summed E-state index contributed by atoms with van der Waals surface area (Å²) in [5.41, 5.74) is 0.410. The number of sulfonamides is 1. The molecule has 14 heteroatoms. The molecular formula is C25H26FN5O5S3. The van der Waals surface area contributed by atoms with Crippen molar-refractivity contribution >= 4 is 39.8 Å². The number of nitrogens with one attached hydrogen (secondary N) is 3. The van der Waals surface area contributed by atoms with Crippen molar-refractivity contribution in [2.75, 3.05) is 6.26 Å². The van der Waals surface area contributed by atoms with Gasteiger partial charge in [0.1, 0.15) is 22.0 Å². The Morgan fingerprint density at radius 1 is 1.33 bits per heavy atom. The van der Waals surface area contributed by atoms with Crippen LogP contribution in [0.1, 0.15) is 29.6 Å². The van der Waals surface area contributed by atoms with E-state index < -0.39 is 39.9 Å². The number of carbonyl (C=O) groups is 1. The lowest BCUT2D eigenvalue weighted by Crippen LogP contribution is -2.51. The molecular weight excluding hydrogens is 566 g/mol. The summed E-state index contributed by atoms with van der Waals surface area (Å²) in [6.07, 6.45) is 9.11. The molecule has 3 heterocycles. The molecule has 3 atom stereocenters. The maximum Gasteiger partial charge on any atom is 0.257 e. The minimum absolute atomic E-state index is 0.0492. The number of aromatic nitrogens is 1. The number of fused-ring (bicyclic) bond motifs is 1. The summed E-state index contributed by atoms with van der Waals surface area (Å²) in [5, 5.41) is 13.6. The number of aliphatic hydroxyl groups excluding tert-OH is 1. The molecule has 2 aromatic rings.